The fraction of sp³-hybridized carbons (Fsp3) is 0.333. The van der Waals surface area contributed by atoms with Gasteiger partial charge in [0.1, 0.15) is 11.6 Å². The number of nitrogens with one attached hydrogen (secondary N) is 1. The van der Waals surface area contributed by atoms with Crippen molar-refractivity contribution in [2.24, 2.45) is 0 Å². The minimum absolute atomic E-state index is 0.0961. The normalized spacial score (nSPS) is 15.1. The highest BCUT2D eigenvalue weighted by atomic mass is 16.5. The Balaban J connectivity index is 1.58. The summed E-state index contributed by atoms with van der Waals surface area (Å²) in [5, 5.41) is 7.18. The van der Waals surface area contributed by atoms with E-state index in [4.69, 9.17) is 4.74 Å². The molecule has 0 bridgehead atoms. The van der Waals surface area contributed by atoms with Crippen LogP contribution in [0.1, 0.15) is 0 Å². The lowest BCUT2D eigenvalue weighted by molar-refractivity contribution is -0.117. The zero-order valence-electron chi connectivity index (χ0n) is 17.2. The van der Waals surface area contributed by atoms with Crippen molar-refractivity contribution in [1.82, 2.24) is 29.5 Å². The second-order valence-corrected chi connectivity index (χ2v) is 7.25. The number of anilines is 1. The summed E-state index contributed by atoms with van der Waals surface area (Å²) in [4.78, 5) is 26.2. The van der Waals surface area contributed by atoms with Gasteiger partial charge in [-0.05, 0) is 25.2 Å². The molecule has 1 fully saturated rings. The van der Waals surface area contributed by atoms with Crippen LogP contribution in [0, 0.1) is 0 Å². The van der Waals surface area contributed by atoms with Gasteiger partial charge in [0.2, 0.25) is 5.91 Å². The van der Waals surface area contributed by atoms with E-state index in [-0.39, 0.29) is 5.91 Å². The Bertz CT molecular complexity index is 998. The molecule has 1 amide bonds. The number of hydrogen-bond donors (Lipinski definition) is 1. The van der Waals surface area contributed by atoms with Crippen LogP contribution < -0.4 is 10.1 Å². The van der Waals surface area contributed by atoms with Crippen molar-refractivity contribution < 1.29 is 9.53 Å². The number of methoxy groups -OCH3 is 1. The molecule has 1 N–H and O–H groups in total. The molecule has 9 heteroatoms. The first-order chi connectivity index (χ1) is 14.6. The molecule has 0 spiro atoms. The SMILES string of the molecule is COc1cccc(-c2nc(NC(=O)CN3CCN(C)CC3)cc(-n3cccn3)n2)c1. The molecule has 0 unspecified atom stereocenters. The Hall–Kier alpha value is -3.30. The lowest BCUT2D eigenvalue weighted by Crippen LogP contribution is -2.47. The second kappa shape index (κ2) is 9.02. The summed E-state index contributed by atoms with van der Waals surface area (Å²) in [6.07, 6.45) is 3.48. The van der Waals surface area contributed by atoms with Crippen LogP contribution in [-0.4, -0.2) is 82.3 Å². The van der Waals surface area contributed by atoms with E-state index in [0.717, 1.165) is 31.7 Å². The number of piperazine rings is 1. The molecule has 30 heavy (non-hydrogen) atoms. The van der Waals surface area contributed by atoms with Gasteiger partial charge >= 0.3 is 0 Å². The lowest BCUT2D eigenvalue weighted by atomic mass is 10.2. The summed E-state index contributed by atoms with van der Waals surface area (Å²) in [7, 11) is 3.71. The maximum atomic E-state index is 12.6. The van der Waals surface area contributed by atoms with E-state index in [0.29, 0.717) is 29.8 Å². The fourth-order valence-corrected chi connectivity index (χ4v) is 3.30. The molecule has 1 aromatic carbocycles. The molecule has 4 rings (SSSR count). The maximum Gasteiger partial charge on any atom is 0.239 e. The van der Waals surface area contributed by atoms with Crippen LogP contribution in [0.3, 0.4) is 0 Å². The standard InChI is InChI=1S/C21H25N7O2/c1-26-9-11-27(12-10-26)15-20(29)23-18-14-19(28-8-4-7-22-28)25-21(24-18)16-5-3-6-17(13-16)30-2/h3-8,13-14H,9-12,15H2,1-2H3,(H,23,24,25,29). The van der Waals surface area contributed by atoms with Gasteiger partial charge < -0.3 is 15.0 Å². The fourth-order valence-electron chi connectivity index (χ4n) is 3.30. The molecule has 0 atom stereocenters. The van der Waals surface area contributed by atoms with E-state index in [1.54, 1.807) is 30.3 Å². The second-order valence-electron chi connectivity index (χ2n) is 7.25. The van der Waals surface area contributed by atoms with Crippen LogP contribution in [0.2, 0.25) is 0 Å². The van der Waals surface area contributed by atoms with Gasteiger partial charge in [-0.25, -0.2) is 14.6 Å². The smallest absolute Gasteiger partial charge is 0.239 e. The minimum atomic E-state index is -0.0961. The van der Waals surface area contributed by atoms with E-state index >= 15 is 0 Å². The predicted molar refractivity (Wildman–Crippen MR) is 114 cm³/mol. The number of amides is 1. The number of hydrogen-bond acceptors (Lipinski definition) is 7. The van der Waals surface area contributed by atoms with E-state index in [9.17, 15) is 4.79 Å². The average Bonchev–Trinajstić information content (AvgIpc) is 3.30. The molecular formula is C21H25N7O2. The number of ether oxygens (including phenoxy) is 1. The Morgan fingerprint density at radius 1 is 1.13 bits per heavy atom. The van der Waals surface area contributed by atoms with Crippen LogP contribution in [0.15, 0.2) is 48.8 Å². The van der Waals surface area contributed by atoms with Crippen molar-refractivity contribution >= 4 is 11.7 Å². The molecule has 0 radical (unpaired) electrons. The molecule has 0 aliphatic carbocycles. The Labute approximate surface area is 175 Å². The Morgan fingerprint density at radius 3 is 2.70 bits per heavy atom. The van der Waals surface area contributed by atoms with Gasteiger partial charge in [-0.15, -0.1) is 0 Å². The molecule has 1 saturated heterocycles. The highest BCUT2D eigenvalue weighted by Gasteiger charge is 2.18. The van der Waals surface area contributed by atoms with Crippen LogP contribution in [0.5, 0.6) is 5.75 Å². The summed E-state index contributed by atoms with van der Waals surface area (Å²) < 4.78 is 6.95. The topological polar surface area (TPSA) is 88.4 Å². The number of rotatable bonds is 6. The zero-order valence-corrected chi connectivity index (χ0v) is 17.2. The maximum absolute atomic E-state index is 12.6. The van der Waals surface area contributed by atoms with Crippen LogP contribution >= 0.6 is 0 Å². The zero-order chi connectivity index (χ0) is 20.9. The van der Waals surface area contributed by atoms with Gasteiger partial charge in [-0.1, -0.05) is 12.1 Å². The highest BCUT2D eigenvalue weighted by Crippen LogP contribution is 2.23. The molecule has 2 aromatic heterocycles. The molecule has 0 saturated carbocycles. The summed E-state index contributed by atoms with van der Waals surface area (Å²) in [6.45, 7) is 4.01. The minimum Gasteiger partial charge on any atom is -0.497 e. The van der Waals surface area contributed by atoms with Crippen molar-refractivity contribution in [2.45, 2.75) is 0 Å². The van der Waals surface area contributed by atoms with Crippen molar-refractivity contribution in [3.05, 3.63) is 48.8 Å². The molecule has 3 aromatic rings. The first kappa shape index (κ1) is 20.0. The Kier molecular flexibility index (Phi) is 6.01. The lowest BCUT2D eigenvalue weighted by Gasteiger charge is -2.31. The molecule has 9 nitrogen and oxygen atoms in total. The number of aromatic nitrogens is 4. The summed E-state index contributed by atoms with van der Waals surface area (Å²) in [5.74, 6) is 2.11. The molecule has 1 aliphatic rings. The number of carbonyl (C=O) groups is 1. The average molecular weight is 407 g/mol. The van der Waals surface area contributed by atoms with Crippen molar-refractivity contribution in [3.8, 4) is 23.0 Å². The first-order valence-electron chi connectivity index (χ1n) is 9.85. The third kappa shape index (κ3) is 4.81. The quantitative estimate of drug-likeness (QED) is 0.663. The third-order valence-corrected chi connectivity index (χ3v) is 5.01. The number of nitrogens with zero attached hydrogens (tertiary/aromatic N) is 6. The van der Waals surface area contributed by atoms with Gasteiger partial charge in [-0.3, -0.25) is 9.69 Å². The van der Waals surface area contributed by atoms with Gasteiger partial charge in [0.05, 0.1) is 13.7 Å². The van der Waals surface area contributed by atoms with E-state index in [1.807, 2.05) is 30.3 Å². The Morgan fingerprint density at radius 2 is 1.97 bits per heavy atom. The van der Waals surface area contributed by atoms with Crippen molar-refractivity contribution in [3.63, 3.8) is 0 Å². The van der Waals surface area contributed by atoms with E-state index in [2.05, 4.69) is 37.2 Å². The largest absolute Gasteiger partial charge is 0.497 e. The monoisotopic (exact) mass is 407 g/mol. The highest BCUT2D eigenvalue weighted by molar-refractivity contribution is 5.91. The first-order valence-corrected chi connectivity index (χ1v) is 9.85. The molecule has 1 aliphatic heterocycles. The van der Waals surface area contributed by atoms with E-state index in [1.165, 1.54) is 0 Å². The number of likely N-dealkylation sites (N-methyl/N-ethyl adjacent to an activating group) is 1. The van der Waals surface area contributed by atoms with Crippen LogP contribution in [0.4, 0.5) is 5.82 Å². The number of benzene rings is 1. The van der Waals surface area contributed by atoms with Gasteiger partial charge in [0.25, 0.3) is 0 Å². The molecule has 156 valence electrons. The summed E-state index contributed by atoms with van der Waals surface area (Å²) in [6, 6.07) is 11.0. The predicted octanol–water partition coefficient (Wildman–Crippen LogP) is 1.52. The van der Waals surface area contributed by atoms with Crippen molar-refractivity contribution in [2.75, 3.05) is 52.2 Å². The summed E-state index contributed by atoms with van der Waals surface area (Å²) >= 11 is 0. The molecule has 3 heterocycles. The van der Waals surface area contributed by atoms with Crippen LogP contribution in [0.25, 0.3) is 17.2 Å². The third-order valence-electron chi connectivity index (χ3n) is 5.01. The van der Waals surface area contributed by atoms with Crippen molar-refractivity contribution in [1.29, 1.82) is 0 Å². The van der Waals surface area contributed by atoms with Gasteiger partial charge in [0.15, 0.2) is 11.6 Å². The van der Waals surface area contributed by atoms with Gasteiger partial charge in [-0.2, -0.15) is 5.10 Å². The van der Waals surface area contributed by atoms with E-state index < -0.39 is 0 Å². The summed E-state index contributed by atoms with van der Waals surface area (Å²) in [5.41, 5.74) is 0.790. The number of carbonyl (C=O) groups excluding carboxylic acids is 1. The van der Waals surface area contributed by atoms with Gasteiger partial charge in [0, 0.05) is 50.2 Å². The molecular weight excluding hydrogens is 382 g/mol. The van der Waals surface area contributed by atoms with Crippen LogP contribution in [-0.2, 0) is 4.79 Å².